The molecule has 2 aromatic carbocycles. The maximum Gasteiger partial charge on any atom is 0.240 e. The molecule has 1 amide bonds. The van der Waals surface area contributed by atoms with Gasteiger partial charge in [-0.3, -0.25) is 4.79 Å². The molecule has 0 fully saturated rings. The predicted octanol–water partition coefficient (Wildman–Crippen LogP) is 2.11. The molecular formula is C15H15NO4S. The van der Waals surface area contributed by atoms with Gasteiger partial charge in [-0.05, 0) is 31.2 Å². The zero-order chi connectivity index (χ0) is 15.5. The summed E-state index contributed by atoms with van der Waals surface area (Å²) in [5.41, 5.74) is 1.12. The van der Waals surface area contributed by atoms with Crippen molar-refractivity contribution in [2.45, 2.75) is 11.8 Å². The van der Waals surface area contributed by atoms with E-state index in [0.717, 1.165) is 5.56 Å². The molecular weight excluding hydrogens is 290 g/mol. The summed E-state index contributed by atoms with van der Waals surface area (Å²) in [7, 11) is -3.70. The van der Waals surface area contributed by atoms with Crippen LogP contribution in [0.15, 0.2) is 53.4 Å². The smallest absolute Gasteiger partial charge is 0.240 e. The Bertz CT molecular complexity index is 751. The van der Waals surface area contributed by atoms with E-state index < -0.39 is 21.5 Å². The van der Waals surface area contributed by atoms with Crippen molar-refractivity contribution in [1.82, 2.24) is 0 Å². The van der Waals surface area contributed by atoms with E-state index in [1.165, 1.54) is 24.3 Å². The first-order valence-corrected chi connectivity index (χ1v) is 7.91. The Labute approximate surface area is 123 Å². The van der Waals surface area contributed by atoms with Crippen molar-refractivity contribution in [3.8, 4) is 5.75 Å². The second kappa shape index (κ2) is 5.97. The summed E-state index contributed by atoms with van der Waals surface area (Å²) in [5, 5.41) is 11.9. The summed E-state index contributed by atoms with van der Waals surface area (Å²) in [4.78, 5) is 11.9. The Morgan fingerprint density at radius 2 is 1.71 bits per heavy atom. The van der Waals surface area contributed by atoms with Crippen LogP contribution in [0.1, 0.15) is 5.56 Å². The van der Waals surface area contributed by atoms with Gasteiger partial charge >= 0.3 is 0 Å². The van der Waals surface area contributed by atoms with E-state index in [1.54, 1.807) is 24.3 Å². The largest absolute Gasteiger partial charge is 0.506 e. The quantitative estimate of drug-likeness (QED) is 0.847. The lowest BCUT2D eigenvalue weighted by Gasteiger charge is -2.08. The Morgan fingerprint density at radius 3 is 2.33 bits per heavy atom. The summed E-state index contributed by atoms with van der Waals surface area (Å²) < 4.78 is 24.2. The number of hydrogen-bond donors (Lipinski definition) is 2. The SMILES string of the molecule is Cc1ccc(S(=O)(=O)CC(=O)Nc2ccccc2O)cc1. The van der Waals surface area contributed by atoms with E-state index in [9.17, 15) is 18.3 Å². The predicted molar refractivity (Wildman–Crippen MR) is 80.0 cm³/mol. The molecule has 21 heavy (non-hydrogen) atoms. The third kappa shape index (κ3) is 3.82. The number of phenolic OH excluding ortho intramolecular Hbond substituents is 1. The number of nitrogens with one attached hydrogen (secondary N) is 1. The number of carbonyl (C=O) groups is 1. The summed E-state index contributed by atoms with van der Waals surface area (Å²) in [5.74, 6) is -1.49. The van der Waals surface area contributed by atoms with Gasteiger partial charge in [0.25, 0.3) is 0 Å². The van der Waals surface area contributed by atoms with Gasteiger partial charge in [-0.1, -0.05) is 29.8 Å². The highest BCUT2D eigenvalue weighted by molar-refractivity contribution is 7.92. The van der Waals surface area contributed by atoms with E-state index in [2.05, 4.69) is 5.32 Å². The number of sulfone groups is 1. The highest BCUT2D eigenvalue weighted by Crippen LogP contribution is 2.21. The molecule has 5 nitrogen and oxygen atoms in total. The van der Waals surface area contributed by atoms with Gasteiger partial charge in [0.05, 0.1) is 10.6 Å². The third-order valence-electron chi connectivity index (χ3n) is 2.88. The third-order valence-corrected chi connectivity index (χ3v) is 4.51. The number of para-hydroxylation sites is 2. The molecule has 0 spiro atoms. The number of phenols is 1. The van der Waals surface area contributed by atoms with E-state index in [4.69, 9.17) is 0 Å². The number of aromatic hydroxyl groups is 1. The number of benzene rings is 2. The fourth-order valence-electron chi connectivity index (χ4n) is 1.77. The molecule has 6 heteroatoms. The Kier molecular flexibility index (Phi) is 4.28. The summed E-state index contributed by atoms with van der Waals surface area (Å²) >= 11 is 0. The van der Waals surface area contributed by atoms with Gasteiger partial charge in [0.1, 0.15) is 11.5 Å². The molecule has 0 saturated carbocycles. The van der Waals surface area contributed by atoms with E-state index >= 15 is 0 Å². The lowest BCUT2D eigenvalue weighted by Crippen LogP contribution is -2.23. The second-order valence-electron chi connectivity index (χ2n) is 4.64. The van der Waals surface area contributed by atoms with Gasteiger partial charge in [-0.2, -0.15) is 0 Å². The van der Waals surface area contributed by atoms with Gasteiger partial charge in [-0.15, -0.1) is 0 Å². The van der Waals surface area contributed by atoms with Crippen LogP contribution in [0.4, 0.5) is 5.69 Å². The van der Waals surface area contributed by atoms with Gasteiger partial charge in [0.2, 0.25) is 5.91 Å². The Morgan fingerprint density at radius 1 is 1.10 bits per heavy atom. The minimum absolute atomic E-state index is 0.0977. The van der Waals surface area contributed by atoms with Crippen LogP contribution in [0.3, 0.4) is 0 Å². The molecule has 0 unspecified atom stereocenters. The summed E-state index contributed by atoms with van der Waals surface area (Å²) in [6.45, 7) is 1.85. The normalized spacial score (nSPS) is 11.1. The molecule has 0 saturated heterocycles. The maximum atomic E-state index is 12.1. The molecule has 0 atom stereocenters. The number of hydrogen-bond acceptors (Lipinski definition) is 4. The molecule has 0 aromatic heterocycles. The standard InChI is InChI=1S/C15H15NO4S/c1-11-6-8-12(9-7-11)21(19,20)10-15(18)16-13-4-2-3-5-14(13)17/h2-9,17H,10H2,1H3,(H,16,18). The van der Waals surface area contributed by atoms with Crippen LogP contribution in [-0.2, 0) is 14.6 Å². The highest BCUT2D eigenvalue weighted by atomic mass is 32.2. The number of carbonyl (C=O) groups excluding carboxylic acids is 1. The fourth-order valence-corrected chi connectivity index (χ4v) is 2.90. The van der Waals surface area contributed by atoms with Gasteiger partial charge < -0.3 is 10.4 Å². The fraction of sp³-hybridized carbons (Fsp3) is 0.133. The van der Waals surface area contributed by atoms with Crippen LogP contribution >= 0.6 is 0 Å². The number of amides is 1. The molecule has 0 heterocycles. The molecule has 2 aromatic rings. The minimum atomic E-state index is -3.70. The molecule has 0 aliphatic heterocycles. The molecule has 0 aliphatic carbocycles. The van der Waals surface area contributed by atoms with Crippen molar-refractivity contribution in [2.24, 2.45) is 0 Å². The number of rotatable bonds is 4. The second-order valence-corrected chi connectivity index (χ2v) is 6.63. The van der Waals surface area contributed by atoms with E-state index in [0.29, 0.717) is 0 Å². The molecule has 2 N–H and O–H groups in total. The van der Waals surface area contributed by atoms with Crippen LogP contribution < -0.4 is 5.32 Å². The van der Waals surface area contributed by atoms with Gasteiger partial charge in [-0.25, -0.2) is 8.42 Å². The van der Waals surface area contributed by atoms with Crippen LogP contribution in [0.25, 0.3) is 0 Å². The van der Waals surface area contributed by atoms with Crippen LogP contribution in [0.2, 0.25) is 0 Å². The van der Waals surface area contributed by atoms with Crippen LogP contribution in [-0.4, -0.2) is 25.2 Å². The van der Waals surface area contributed by atoms with Crippen molar-refractivity contribution < 1.29 is 18.3 Å². The number of aryl methyl sites for hydroxylation is 1. The van der Waals surface area contributed by atoms with Crippen molar-refractivity contribution in [1.29, 1.82) is 0 Å². The van der Waals surface area contributed by atoms with E-state index in [1.807, 2.05) is 6.92 Å². The van der Waals surface area contributed by atoms with Crippen molar-refractivity contribution >= 4 is 21.4 Å². The average molecular weight is 305 g/mol. The monoisotopic (exact) mass is 305 g/mol. The minimum Gasteiger partial charge on any atom is -0.506 e. The van der Waals surface area contributed by atoms with Crippen molar-refractivity contribution in [3.63, 3.8) is 0 Å². The highest BCUT2D eigenvalue weighted by Gasteiger charge is 2.19. The molecule has 0 radical (unpaired) electrons. The topological polar surface area (TPSA) is 83.5 Å². The number of anilines is 1. The van der Waals surface area contributed by atoms with E-state index in [-0.39, 0.29) is 16.3 Å². The van der Waals surface area contributed by atoms with Crippen molar-refractivity contribution in [2.75, 3.05) is 11.1 Å². The molecule has 0 bridgehead atoms. The summed E-state index contributed by atoms with van der Waals surface area (Å²) in [6, 6.07) is 12.4. The first kappa shape index (κ1) is 15.1. The van der Waals surface area contributed by atoms with Crippen molar-refractivity contribution in [3.05, 3.63) is 54.1 Å². The first-order valence-electron chi connectivity index (χ1n) is 6.26. The maximum absolute atomic E-state index is 12.1. The lowest BCUT2D eigenvalue weighted by atomic mass is 10.2. The van der Waals surface area contributed by atoms with Gasteiger partial charge in [0.15, 0.2) is 9.84 Å². The molecule has 0 aliphatic rings. The van der Waals surface area contributed by atoms with Crippen LogP contribution in [0.5, 0.6) is 5.75 Å². The van der Waals surface area contributed by atoms with Crippen LogP contribution in [0, 0.1) is 6.92 Å². The summed E-state index contributed by atoms with van der Waals surface area (Å²) in [6.07, 6.45) is 0. The molecule has 2 rings (SSSR count). The average Bonchev–Trinajstić information content (AvgIpc) is 2.41. The zero-order valence-electron chi connectivity index (χ0n) is 11.4. The Hall–Kier alpha value is -2.34. The molecule has 110 valence electrons. The zero-order valence-corrected chi connectivity index (χ0v) is 12.2. The lowest BCUT2D eigenvalue weighted by molar-refractivity contribution is -0.113. The Balaban J connectivity index is 2.12. The first-order chi connectivity index (χ1) is 9.88. The van der Waals surface area contributed by atoms with Gasteiger partial charge in [0, 0.05) is 0 Å².